The summed E-state index contributed by atoms with van der Waals surface area (Å²) in [5.74, 6) is 1.46. The lowest BCUT2D eigenvalue weighted by atomic mass is 10.3. The highest BCUT2D eigenvalue weighted by atomic mass is 79.9. The van der Waals surface area contributed by atoms with E-state index in [1.54, 1.807) is 7.05 Å². The van der Waals surface area contributed by atoms with Crippen LogP contribution in [0.3, 0.4) is 0 Å². The van der Waals surface area contributed by atoms with Gasteiger partial charge in [-0.15, -0.1) is 0 Å². The lowest BCUT2D eigenvalue weighted by molar-refractivity contribution is 0.154. The van der Waals surface area contributed by atoms with Gasteiger partial charge in [0.2, 0.25) is 0 Å². The minimum absolute atomic E-state index is 0.0316. The molecule has 0 aliphatic heterocycles. The van der Waals surface area contributed by atoms with Crippen LogP contribution < -0.4 is 15.4 Å². The van der Waals surface area contributed by atoms with Gasteiger partial charge in [0.15, 0.2) is 5.96 Å². The minimum atomic E-state index is -2.98. The molecule has 9 heteroatoms. The van der Waals surface area contributed by atoms with Crippen molar-refractivity contribution in [1.29, 1.82) is 0 Å². The molecule has 1 unspecified atom stereocenters. The lowest BCUT2D eigenvalue weighted by Crippen LogP contribution is -2.42. The van der Waals surface area contributed by atoms with E-state index in [9.17, 15) is 8.42 Å². The molecule has 1 atom stereocenters. The predicted octanol–water partition coefficient (Wildman–Crippen LogP) is 1.44. The molecule has 1 rings (SSSR count). The SMILES string of the molecule is CN=C(NCCOCCS(C)(=O)=O)NCC(C)Oc1ccccc1Br. The summed E-state index contributed by atoms with van der Waals surface area (Å²) in [6.45, 7) is 3.68. The zero-order valence-corrected chi connectivity index (χ0v) is 17.2. The quantitative estimate of drug-likeness (QED) is 0.328. The van der Waals surface area contributed by atoms with Crippen LogP contribution in [-0.2, 0) is 14.6 Å². The van der Waals surface area contributed by atoms with Crippen LogP contribution in [-0.4, -0.2) is 65.8 Å². The molecule has 2 N–H and O–H groups in total. The van der Waals surface area contributed by atoms with E-state index in [0.29, 0.717) is 25.7 Å². The highest BCUT2D eigenvalue weighted by Crippen LogP contribution is 2.24. The van der Waals surface area contributed by atoms with Crippen molar-refractivity contribution >= 4 is 31.7 Å². The molecule has 0 heterocycles. The van der Waals surface area contributed by atoms with Crippen LogP contribution in [0.2, 0.25) is 0 Å². The summed E-state index contributed by atoms with van der Waals surface area (Å²) in [4.78, 5) is 4.12. The van der Waals surface area contributed by atoms with Gasteiger partial charge in [-0.1, -0.05) is 12.1 Å². The Bertz CT molecular complexity index is 653. The number of hydrogen-bond donors (Lipinski definition) is 2. The molecule has 0 saturated carbocycles. The van der Waals surface area contributed by atoms with E-state index in [2.05, 4.69) is 31.6 Å². The van der Waals surface area contributed by atoms with Crippen LogP contribution in [0.5, 0.6) is 5.75 Å². The Labute approximate surface area is 158 Å². The first-order valence-electron chi connectivity index (χ1n) is 7.93. The van der Waals surface area contributed by atoms with Gasteiger partial charge in [0.1, 0.15) is 21.7 Å². The van der Waals surface area contributed by atoms with Crippen molar-refractivity contribution in [3.63, 3.8) is 0 Å². The van der Waals surface area contributed by atoms with E-state index in [0.717, 1.165) is 10.2 Å². The Kier molecular flexibility index (Phi) is 9.84. The molecule has 1 aromatic rings. The summed E-state index contributed by atoms with van der Waals surface area (Å²) in [5, 5.41) is 6.27. The molecule has 0 aliphatic rings. The van der Waals surface area contributed by atoms with Crippen LogP contribution in [0.15, 0.2) is 33.7 Å². The van der Waals surface area contributed by atoms with Crippen molar-refractivity contribution in [1.82, 2.24) is 10.6 Å². The standard InChI is InChI=1S/C16H26BrN3O4S/c1-13(24-15-7-5-4-6-14(15)17)12-20-16(18-2)19-8-9-23-10-11-25(3,21)22/h4-7,13H,8-12H2,1-3H3,(H2,18,19,20). The molecule has 0 amide bonds. The normalized spacial score (nSPS) is 13.4. The third-order valence-corrected chi connectivity index (χ3v) is 4.65. The number of rotatable bonds is 10. The van der Waals surface area contributed by atoms with Gasteiger partial charge in [0.05, 0.1) is 30.0 Å². The van der Waals surface area contributed by atoms with Crippen LogP contribution >= 0.6 is 15.9 Å². The highest BCUT2D eigenvalue weighted by Gasteiger charge is 2.08. The maximum absolute atomic E-state index is 11.0. The van der Waals surface area contributed by atoms with Gasteiger partial charge in [0, 0.05) is 19.8 Å². The molecule has 0 radical (unpaired) electrons. The number of nitrogens with one attached hydrogen (secondary N) is 2. The van der Waals surface area contributed by atoms with Crippen LogP contribution in [0.25, 0.3) is 0 Å². The molecule has 1 aromatic carbocycles. The van der Waals surface area contributed by atoms with Crippen LogP contribution in [0, 0.1) is 0 Å². The van der Waals surface area contributed by atoms with Gasteiger partial charge in [-0.2, -0.15) is 0 Å². The second-order valence-corrected chi connectivity index (χ2v) is 8.60. The van der Waals surface area contributed by atoms with Crippen molar-refractivity contribution in [3.05, 3.63) is 28.7 Å². The average molecular weight is 436 g/mol. The Morgan fingerprint density at radius 1 is 1.28 bits per heavy atom. The molecule has 0 bridgehead atoms. The second kappa shape index (κ2) is 11.3. The fraction of sp³-hybridized carbons (Fsp3) is 0.562. The van der Waals surface area contributed by atoms with E-state index < -0.39 is 9.84 Å². The summed E-state index contributed by atoms with van der Waals surface area (Å²) in [6, 6.07) is 7.69. The maximum atomic E-state index is 11.0. The monoisotopic (exact) mass is 435 g/mol. The Hall–Kier alpha value is -1.32. The molecular weight excluding hydrogens is 410 g/mol. The van der Waals surface area contributed by atoms with Gasteiger partial charge < -0.3 is 20.1 Å². The van der Waals surface area contributed by atoms with E-state index in [1.165, 1.54) is 6.26 Å². The first-order chi connectivity index (χ1) is 11.8. The number of ether oxygens (including phenoxy) is 2. The Morgan fingerprint density at radius 3 is 2.64 bits per heavy atom. The van der Waals surface area contributed by atoms with Crippen LogP contribution in [0.4, 0.5) is 0 Å². The Balaban J connectivity index is 2.22. The fourth-order valence-electron chi connectivity index (χ4n) is 1.81. The van der Waals surface area contributed by atoms with Gasteiger partial charge in [0.25, 0.3) is 0 Å². The number of sulfone groups is 1. The first kappa shape index (κ1) is 21.7. The number of hydrogen-bond acceptors (Lipinski definition) is 5. The van der Waals surface area contributed by atoms with Gasteiger partial charge >= 0.3 is 0 Å². The lowest BCUT2D eigenvalue weighted by Gasteiger charge is -2.18. The zero-order valence-electron chi connectivity index (χ0n) is 14.8. The third kappa shape index (κ3) is 10.3. The largest absolute Gasteiger partial charge is 0.488 e. The molecule has 0 aromatic heterocycles. The molecular formula is C16H26BrN3O4S. The van der Waals surface area contributed by atoms with Crippen molar-refractivity contribution < 1.29 is 17.9 Å². The number of benzene rings is 1. The predicted molar refractivity (Wildman–Crippen MR) is 104 cm³/mol. The van der Waals surface area contributed by atoms with Gasteiger partial charge in [-0.05, 0) is 35.0 Å². The minimum Gasteiger partial charge on any atom is -0.488 e. The molecule has 0 aliphatic carbocycles. The number of nitrogens with zero attached hydrogens (tertiary/aromatic N) is 1. The van der Waals surface area contributed by atoms with Gasteiger partial charge in [-0.3, -0.25) is 4.99 Å². The molecule has 0 fully saturated rings. The fourth-order valence-corrected chi connectivity index (χ4v) is 2.61. The second-order valence-electron chi connectivity index (χ2n) is 5.48. The molecule has 25 heavy (non-hydrogen) atoms. The van der Waals surface area contributed by atoms with E-state index in [4.69, 9.17) is 9.47 Å². The third-order valence-electron chi connectivity index (χ3n) is 3.08. The van der Waals surface area contributed by atoms with E-state index in [1.807, 2.05) is 31.2 Å². The van der Waals surface area contributed by atoms with Crippen LogP contribution in [0.1, 0.15) is 6.92 Å². The van der Waals surface area contributed by atoms with Crippen molar-refractivity contribution in [2.45, 2.75) is 13.0 Å². The maximum Gasteiger partial charge on any atom is 0.191 e. The van der Waals surface area contributed by atoms with Gasteiger partial charge in [-0.25, -0.2) is 8.42 Å². The number of aliphatic imine (C=N–C) groups is 1. The number of para-hydroxylation sites is 1. The summed E-state index contributed by atoms with van der Waals surface area (Å²) in [7, 11) is -1.30. The topological polar surface area (TPSA) is 89.0 Å². The van der Waals surface area contributed by atoms with E-state index >= 15 is 0 Å². The average Bonchev–Trinajstić information content (AvgIpc) is 2.54. The summed E-state index contributed by atoms with van der Waals surface area (Å²) < 4.78 is 34.0. The van der Waals surface area contributed by atoms with E-state index in [-0.39, 0.29) is 18.5 Å². The molecule has 142 valence electrons. The summed E-state index contributed by atoms with van der Waals surface area (Å²) >= 11 is 3.45. The van der Waals surface area contributed by atoms with Crippen molar-refractivity contribution in [2.75, 3.05) is 45.4 Å². The molecule has 0 saturated heterocycles. The molecule has 0 spiro atoms. The zero-order chi connectivity index (χ0) is 18.7. The summed E-state index contributed by atoms with van der Waals surface area (Å²) in [5.41, 5.74) is 0. The van der Waals surface area contributed by atoms with Crippen molar-refractivity contribution in [3.8, 4) is 5.75 Å². The summed E-state index contributed by atoms with van der Waals surface area (Å²) in [6.07, 6.45) is 1.14. The Morgan fingerprint density at radius 2 is 2.00 bits per heavy atom. The highest BCUT2D eigenvalue weighted by molar-refractivity contribution is 9.10. The van der Waals surface area contributed by atoms with Crippen molar-refractivity contribution in [2.24, 2.45) is 4.99 Å². The molecule has 7 nitrogen and oxygen atoms in total. The number of guanidine groups is 1. The first-order valence-corrected chi connectivity index (χ1v) is 10.8. The number of halogens is 1. The smallest absolute Gasteiger partial charge is 0.191 e.